The van der Waals surface area contributed by atoms with Crippen molar-refractivity contribution in [3.63, 3.8) is 0 Å². The summed E-state index contributed by atoms with van der Waals surface area (Å²) in [6.07, 6.45) is 5.59. The van der Waals surface area contributed by atoms with E-state index in [0.29, 0.717) is 112 Å². The third-order valence-corrected chi connectivity index (χ3v) is 21.9. The standard InChI is InChI=1S/C11H11BrN2O4.C11H15NO3.2C10H9BrN2O4.C10H10BrNO2.C10H12N2O2.C10H11NO2.C9H13NO/c1-13-4-3-6-7(12)5-8(14(16)17)10(18-2)9(6)11(13)15;1-14-10-5-3-4-9(8-10)6-7-12-11(13)15-2;1-17-9-7(13(15)16)4-6(11)5-2-3-12-10(14)8(5)9;1-12-3-2-5-6(11)4-7(13(16)17)9(14)8(5)10(12)15;1-14-8-3-2-7(11)6-4-5-12-10(13)9(6)8;1-12-5-4-6-2-3-7(11)9(13)8(6)10(12)14;1-13-8-4-2-3-7-5-6-11-10(12)9(7)8;1-11-9-4-2-3-8(7-9)5-6-10/h5H,3-4H2,1-2H3;3-5,8H,6-7H2,1-2H3,(H,12,13);4H,2-3H2,1H3,(H,12,14);4,14H,2-3H2,1H3;2-3H,4-5H2,1H3,(H,12,13);2-3,13H,4-5,11H2,1H3;2-4H,5-6H2,1H3,(H,11,12);2-4,7H,5-6,10H2,1H3. The largest absolute Gasteiger partial charge is 0.505 e. The molecule has 8 aromatic carbocycles. The molecule has 7 amide bonds. The lowest BCUT2D eigenvalue weighted by molar-refractivity contribution is -0.386. The van der Waals surface area contributed by atoms with Crippen LogP contribution in [0.2, 0.25) is 0 Å². The first kappa shape index (κ1) is 94.3. The number of halogens is 4. The van der Waals surface area contributed by atoms with Crippen LogP contribution in [-0.4, -0.2) is 204 Å². The number of methoxy groups -OCH3 is 7. The van der Waals surface area contributed by atoms with Gasteiger partial charge < -0.3 is 90.8 Å². The van der Waals surface area contributed by atoms with Crippen LogP contribution in [0.5, 0.6) is 46.0 Å². The lowest BCUT2D eigenvalue weighted by Gasteiger charge is -2.26. The molecule has 0 bridgehead atoms. The van der Waals surface area contributed by atoms with E-state index >= 15 is 0 Å². The van der Waals surface area contributed by atoms with Crippen molar-refractivity contribution in [1.82, 2.24) is 36.0 Å². The first-order valence-electron chi connectivity index (χ1n) is 36.5. The van der Waals surface area contributed by atoms with Crippen molar-refractivity contribution in [1.29, 1.82) is 0 Å². The van der Waals surface area contributed by atoms with E-state index in [0.717, 1.165) is 88.0 Å². The number of hydrogen-bond donors (Lipinski definition) is 8. The summed E-state index contributed by atoms with van der Waals surface area (Å²) in [5.41, 5.74) is 20.1. The SMILES string of the molecule is CN1CCc2c(Br)cc([N+](=O)[O-])c(O)c2C1=O.CN1CCc2ccc(N)c(O)c2C1=O.COC(=O)NCCc1cccc(OC)c1.COc1c([N+](=O)[O-])cc(Br)c2c1C(=O)N(C)CC2.COc1c([N+](=O)[O-])cc(Br)c2c1C(=O)NCC2.COc1ccc(Br)c2c1C(=O)NCC2.COc1cccc(CCN)c1.COc1cccc2c1C(=O)NCC2. The molecule has 10 N–H and O–H groups in total. The Morgan fingerprint density at radius 1 is 0.462 bits per heavy atom. The number of ether oxygens (including phenoxy) is 7. The number of anilines is 1. The third-order valence-electron chi connectivity index (χ3n) is 19.1. The number of nitro benzene ring substituents is 3. The first-order valence-corrected chi connectivity index (χ1v) is 39.7. The average Bonchev–Trinajstić information content (AvgIpc) is 0.776. The van der Waals surface area contributed by atoms with Gasteiger partial charge in [0, 0.05) is 103 Å². The number of nitrogens with two attached hydrogens (primary N) is 2. The van der Waals surface area contributed by atoms with E-state index in [-0.39, 0.29) is 80.5 Å². The highest BCUT2D eigenvalue weighted by molar-refractivity contribution is 9.11. The zero-order valence-electron chi connectivity index (χ0n) is 66.6. The Hall–Kier alpha value is -11.9. The fourth-order valence-corrected chi connectivity index (χ4v) is 15.3. The van der Waals surface area contributed by atoms with Crippen molar-refractivity contribution in [2.75, 3.05) is 129 Å². The van der Waals surface area contributed by atoms with E-state index in [1.165, 1.54) is 54.9 Å². The van der Waals surface area contributed by atoms with Crippen molar-refractivity contribution in [2.45, 2.75) is 51.4 Å². The molecule has 38 heteroatoms. The molecule has 8 aromatic rings. The van der Waals surface area contributed by atoms with Gasteiger partial charge in [-0.15, -0.1) is 0 Å². The van der Waals surface area contributed by atoms with Crippen LogP contribution in [0.3, 0.4) is 0 Å². The number of carbonyl (C=O) groups excluding carboxylic acids is 7. The second kappa shape index (κ2) is 44.6. The number of aromatic hydroxyl groups is 2. The highest BCUT2D eigenvalue weighted by Gasteiger charge is 2.36. The van der Waals surface area contributed by atoms with Crippen LogP contribution in [0.4, 0.5) is 27.5 Å². The van der Waals surface area contributed by atoms with Crippen LogP contribution in [0.25, 0.3) is 0 Å². The summed E-state index contributed by atoms with van der Waals surface area (Å²) in [4.78, 5) is 117. The van der Waals surface area contributed by atoms with E-state index in [9.17, 15) is 74.1 Å². The van der Waals surface area contributed by atoms with Crippen molar-refractivity contribution in [2.24, 2.45) is 5.73 Å². The number of fused-ring (bicyclic) bond motifs is 6. The fourth-order valence-electron chi connectivity index (χ4n) is 12.9. The second-order valence-electron chi connectivity index (χ2n) is 26.4. The van der Waals surface area contributed by atoms with Gasteiger partial charge in [-0.05, 0) is 151 Å². The molecule has 6 aliphatic rings. The van der Waals surface area contributed by atoms with Gasteiger partial charge in [0.15, 0.2) is 5.75 Å². The molecule has 14 rings (SSSR count). The van der Waals surface area contributed by atoms with Crippen LogP contribution >= 0.6 is 63.7 Å². The van der Waals surface area contributed by atoms with E-state index in [4.69, 9.17) is 39.9 Å². The molecule has 34 nitrogen and oxygen atoms in total. The van der Waals surface area contributed by atoms with Crippen LogP contribution in [-0.2, 0) is 56.1 Å². The molecule has 6 heterocycles. The lowest BCUT2D eigenvalue weighted by Crippen LogP contribution is -2.34. The monoisotopic (exact) mass is 1900 g/mol. The van der Waals surface area contributed by atoms with Crippen molar-refractivity contribution >= 4 is 128 Å². The van der Waals surface area contributed by atoms with E-state index in [1.54, 1.807) is 72.7 Å². The van der Waals surface area contributed by atoms with Gasteiger partial charge in [0.25, 0.3) is 35.4 Å². The maximum absolute atomic E-state index is 12.1. The Bertz CT molecular complexity index is 5120. The molecule has 0 aliphatic carbocycles. The number of benzene rings is 8. The van der Waals surface area contributed by atoms with E-state index < -0.39 is 38.2 Å². The summed E-state index contributed by atoms with van der Waals surface area (Å²) in [6.45, 7) is 4.98. The number of phenolic OH excluding ortho intramolecular Hbond substituents is 2. The first-order chi connectivity index (χ1) is 56.7. The van der Waals surface area contributed by atoms with Crippen LogP contribution in [0.15, 0.2) is 127 Å². The molecule has 0 atom stereocenters. The molecule has 6 aliphatic heterocycles. The van der Waals surface area contributed by atoms with Crippen LogP contribution in [0.1, 0.15) is 107 Å². The number of nitrogens with one attached hydrogen (secondary N) is 4. The topological polar surface area (TPSA) is 464 Å². The smallest absolute Gasteiger partial charge is 0.406 e. The summed E-state index contributed by atoms with van der Waals surface area (Å²) in [5.74, 6) is 1.22. The minimum absolute atomic E-state index is 0.0189. The molecule has 119 heavy (non-hydrogen) atoms. The highest BCUT2D eigenvalue weighted by atomic mass is 79.9. The Balaban J connectivity index is 0.000000188. The number of nitrogens with zero attached hydrogens (tertiary/aromatic N) is 6. The summed E-state index contributed by atoms with van der Waals surface area (Å²) < 4.78 is 37.6. The van der Waals surface area contributed by atoms with E-state index in [1.807, 2.05) is 66.7 Å². The molecule has 0 unspecified atom stereocenters. The van der Waals surface area contributed by atoms with Crippen molar-refractivity contribution < 1.29 is 91.7 Å². The lowest BCUT2D eigenvalue weighted by atomic mass is 9.97. The number of likely N-dealkylation sites (N-methyl/N-ethyl adjacent to an activating group) is 3. The number of amides is 7. The zero-order valence-corrected chi connectivity index (χ0v) is 73.0. The Kier molecular flexibility index (Phi) is 35.4. The quantitative estimate of drug-likeness (QED) is 0.0217. The predicted molar refractivity (Wildman–Crippen MR) is 456 cm³/mol. The van der Waals surface area contributed by atoms with E-state index in [2.05, 4.69) is 95.8 Å². The number of carbonyl (C=O) groups is 7. The predicted octanol–water partition coefficient (Wildman–Crippen LogP) is 11.5. The van der Waals surface area contributed by atoms with Gasteiger partial charge in [-0.1, -0.05) is 106 Å². The van der Waals surface area contributed by atoms with Crippen LogP contribution < -0.4 is 61.2 Å². The zero-order chi connectivity index (χ0) is 87.6. The molecular weight excluding hydrogens is 1810 g/mol. The van der Waals surface area contributed by atoms with Gasteiger partial charge in [0.05, 0.1) is 104 Å². The molecule has 0 spiro atoms. The van der Waals surface area contributed by atoms with Crippen molar-refractivity contribution in [3.8, 4) is 46.0 Å². The second-order valence-corrected chi connectivity index (χ2v) is 29.8. The normalized spacial score (nSPS) is 13.5. The molecule has 0 radical (unpaired) electrons. The fraction of sp³-hybridized carbons (Fsp3) is 0.321. The number of phenols is 2. The van der Waals surface area contributed by atoms with Gasteiger partial charge in [0.1, 0.15) is 23.0 Å². The van der Waals surface area contributed by atoms with Gasteiger partial charge in [-0.3, -0.25) is 59.1 Å². The molecule has 0 saturated heterocycles. The summed E-state index contributed by atoms with van der Waals surface area (Å²) in [5, 5.41) is 63.0. The molecule has 634 valence electrons. The minimum Gasteiger partial charge on any atom is -0.505 e. The minimum atomic E-state index is -0.706. The Labute approximate surface area is 718 Å². The van der Waals surface area contributed by atoms with Gasteiger partial charge in [-0.25, -0.2) is 4.79 Å². The summed E-state index contributed by atoms with van der Waals surface area (Å²) in [7, 11) is 15.4. The highest BCUT2D eigenvalue weighted by Crippen LogP contribution is 2.43. The Morgan fingerprint density at radius 2 is 0.891 bits per heavy atom. The van der Waals surface area contributed by atoms with Gasteiger partial charge >= 0.3 is 23.2 Å². The maximum atomic E-state index is 12.1. The third kappa shape index (κ3) is 23.7. The number of nitro groups is 3. The molecule has 0 aromatic heterocycles. The number of rotatable bonds is 14. The Morgan fingerprint density at radius 3 is 1.39 bits per heavy atom. The van der Waals surface area contributed by atoms with Gasteiger partial charge in [0.2, 0.25) is 17.2 Å². The summed E-state index contributed by atoms with van der Waals surface area (Å²) in [6, 6.07) is 32.5. The van der Waals surface area contributed by atoms with Gasteiger partial charge in [-0.2, -0.15) is 0 Å². The molecule has 0 saturated carbocycles. The molecular formula is C81H90Br4N12O22. The number of nitrogen functional groups attached to an aromatic ring is 1. The number of hydrogen-bond acceptors (Lipinski definition) is 24. The maximum Gasteiger partial charge on any atom is 0.406 e. The van der Waals surface area contributed by atoms with Crippen molar-refractivity contribution in [3.05, 3.63) is 235 Å². The van der Waals surface area contributed by atoms with Crippen LogP contribution in [0, 0.1) is 30.3 Å². The summed E-state index contributed by atoms with van der Waals surface area (Å²) >= 11 is 13.2. The average molecular weight is 1900 g/mol. The number of alkyl carbamates (subject to hydrolysis) is 1. The molecule has 0 fully saturated rings.